The van der Waals surface area contributed by atoms with E-state index in [1.165, 1.54) is 17.6 Å². The Hall–Kier alpha value is -0.590. The molecule has 0 bridgehead atoms. The lowest BCUT2D eigenvalue weighted by Crippen LogP contribution is -2.27. The first-order chi connectivity index (χ1) is 5.96. The second kappa shape index (κ2) is 3.65. The second-order valence-electron chi connectivity index (χ2n) is 4.75. The van der Waals surface area contributed by atoms with Crippen LogP contribution in [0.3, 0.4) is 0 Å². The minimum Gasteiger partial charge on any atom is -0.300 e. The first kappa shape index (κ1) is 10.5. The summed E-state index contributed by atoms with van der Waals surface area (Å²) in [6.07, 6.45) is 3.80. The van der Waals surface area contributed by atoms with Crippen LogP contribution in [0, 0.1) is 5.41 Å². The van der Waals surface area contributed by atoms with Crippen LogP contribution in [0.4, 0.5) is 0 Å². The quantitative estimate of drug-likeness (QED) is 0.564. The number of hydrogen-bond donors (Lipinski definition) is 0. The molecule has 1 saturated carbocycles. The van der Waals surface area contributed by atoms with E-state index in [-0.39, 0.29) is 5.41 Å². The first-order valence-corrected chi connectivity index (χ1v) is 5.12. The van der Waals surface area contributed by atoms with Crippen LogP contribution in [-0.4, -0.2) is 5.78 Å². The van der Waals surface area contributed by atoms with E-state index in [1.54, 1.807) is 0 Å². The Kier molecular flexibility index (Phi) is 2.94. The van der Waals surface area contributed by atoms with E-state index in [9.17, 15) is 4.79 Å². The van der Waals surface area contributed by atoms with Crippen molar-refractivity contribution in [2.75, 3.05) is 0 Å². The predicted molar refractivity (Wildman–Crippen MR) is 55.6 cm³/mol. The smallest absolute Gasteiger partial charge is 0.133 e. The van der Waals surface area contributed by atoms with Crippen LogP contribution >= 0.6 is 0 Å². The normalized spacial score (nSPS) is 28.8. The molecule has 0 heterocycles. The van der Waals surface area contributed by atoms with Gasteiger partial charge in [-0.15, -0.1) is 0 Å². The maximum atomic E-state index is 11.4. The molecule has 0 N–H and O–H groups in total. The Balaban J connectivity index is 2.87. The fourth-order valence-corrected chi connectivity index (χ4v) is 2.21. The molecule has 0 aromatic heterocycles. The molecule has 0 radical (unpaired) electrons. The van der Waals surface area contributed by atoms with Crippen molar-refractivity contribution in [2.45, 2.75) is 53.4 Å². The second-order valence-corrected chi connectivity index (χ2v) is 4.75. The molecule has 0 spiro atoms. The molecule has 13 heavy (non-hydrogen) atoms. The third-order valence-corrected chi connectivity index (χ3v) is 3.43. The highest BCUT2D eigenvalue weighted by Gasteiger charge is 2.32. The number of ketones is 1. The predicted octanol–water partition coefficient (Wildman–Crippen LogP) is 3.49. The largest absolute Gasteiger partial charge is 0.300 e. The van der Waals surface area contributed by atoms with Gasteiger partial charge in [0.05, 0.1) is 0 Å². The Morgan fingerprint density at radius 2 is 1.92 bits per heavy atom. The molecule has 1 rings (SSSR count). The molecule has 74 valence electrons. The van der Waals surface area contributed by atoms with Crippen molar-refractivity contribution in [2.24, 2.45) is 5.41 Å². The number of carbonyl (C=O) groups is 1. The van der Waals surface area contributed by atoms with Crippen molar-refractivity contribution in [3.8, 4) is 0 Å². The minimum atomic E-state index is 0.161. The van der Waals surface area contributed by atoms with Crippen molar-refractivity contribution >= 4 is 5.78 Å². The average Bonchev–Trinajstić information content (AvgIpc) is 2.02. The fraction of sp³-hybridized carbons (Fsp3) is 0.750. The third kappa shape index (κ3) is 2.20. The highest BCUT2D eigenvalue weighted by atomic mass is 16.1. The van der Waals surface area contributed by atoms with E-state index in [1.807, 2.05) is 0 Å². The minimum absolute atomic E-state index is 0.161. The zero-order valence-electron chi connectivity index (χ0n) is 9.24. The molecule has 1 atom stereocenters. The van der Waals surface area contributed by atoms with Gasteiger partial charge in [0.25, 0.3) is 0 Å². The maximum Gasteiger partial charge on any atom is 0.133 e. The topological polar surface area (TPSA) is 17.1 Å². The lowest BCUT2D eigenvalue weighted by Gasteiger charge is -2.34. The highest BCUT2D eigenvalue weighted by Crippen LogP contribution is 2.41. The number of allylic oxidation sites excluding steroid dienone is 2. The van der Waals surface area contributed by atoms with Gasteiger partial charge in [0.1, 0.15) is 5.78 Å². The zero-order valence-corrected chi connectivity index (χ0v) is 9.24. The van der Waals surface area contributed by atoms with E-state index in [0.717, 1.165) is 19.3 Å². The van der Waals surface area contributed by atoms with Gasteiger partial charge in [-0.25, -0.2) is 0 Å². The number of Topliss-reactive ketones (excluding diaryl/α,β-unsaturated/α-hetero) is 1. The van der Waals surface area contributed by atoms with E-state index >= 15 is 0 Å². The van der Waals surface area contributed by atoms with Gasteiger partial charge in [-0.05, 0) is 39.0 Å². The number of rotatable bonds is 1. The van der Waals surface area contributed by atoms with Crippen LogP contribution in [0.15, 0.2) is 11.1 Å². The molecular formula is C12H20O. The van der Waals surface area contributed by atoms with E-state index < -0.39 is 0 Å². The maximum absolute atomic E-state index is 11.4. The first-order valence-electron chi connectivity index (χ1n) is 5.12. The van der Waals surface area contributed by atoms with Crippen LogP contribution in [0.25, 0.3) is 0 Å². The third-order valence-electron chi connectivity index (χ3n) is 3.43. The van der Waals surface area contributed by atoms with Gasteiger partial charge in [-0.1, -0.05) is 18.1 Å². The summed E-state index contributed by atoms with van der Waals surface area (Å²) in [5.74, 6) is 0.439. The lowest BCUT2D eigenvalue weighted by atomic mass is 9.69. The van der Waals surface area contributed by atoms with Crippen molar-refractivity contribution < 1.29 is 4.79 Å². The summed E-state index contributed by atoms with van der Waals surface area (Å²) in [6, 6.07) is 0. The summed E-state index contributed by atoms with van der Waals surface area (Å²) < 4.78 is 0. The molecule has 1 aliphatic rings. The van der Waals surface area contributed by atoms with Crippen molar-refractivity contribution in [3.05, 3.63) is 11.1 Å². The Bertz CT molecular complexity index is 246. The summed E-state index contributed by atoms with van der Waals surface area (Å²) >= 11 is 0. The van der Waals surface area contributed by atoms with Crippen molar-refractivity contribution in [1.29, 1.82) is 0 Å². The van der Waals surface area contributed by atoms with E-state index in [0.29, 0.717) is 5.78 Å². The molecule has 0 aromatic carbocycles. The Labute approximate surface area is 81.2 Å². The summed E-state index contributed by atoms with van der Waals surface area (Å²) in [6.45, 7) is 8.68. The van der Waals surface area contributed by atoms with Crippen LogP contribution in [0.5, 0.6) is 0 Å². The molecule has 1 aliphatic carbocycles. The summed E-state index contributed by atoms with van der Waals surface area (Å²) in [4.78, 5) is 11.4. The van der Waals surface area contributed by atoms with Gasteiger partial charge < -0.3 is 0 Å². The molecule has 0 saturated heterocycles. The monoisotopic (exact) mass is 180 g/mol. The molecule has 0 aromatic rings. The lowest BCUT2D eigenvalue weighted by molar-refractivity contribution is -0.122. The van der Waals surface area contributed by atoms with E-state index in [2.05, 4.69) is 27.7 Å². The van der Waals surface area contributed by atoms with Gasteiger partial charge in [0.2, 0.25) is 0 Å². The summed E-state index contributed by atoms with van der Waals surface area (Å²) in [7, 11) is 0. The van der Waals surface area contributed by atoms with Gasteiger partial charge in [-0.3, -0.25) is 4.79 Å². The molecular weight excluding hydrogens is 160 g/mol. The Morgan fingerprint density at radius 3 is 2.38 bits per heavy atom. The molecule has 1 heteroatoms. The van der Waals surface area contributed by atoms with Gasteiger partial charge in [0.15, 0.2) is 0 Å². The molecule has 1 unspecified atom stereocenters. The summed E-state index contributed by atoms with van der Waals surface area (Å²) in [5, 5.41) is 0. The average molecular weight is 180 g/mol. The van der Waals surface area contributed by atoms with Crippen LogP contribution in [-0.2, 0) is 4.79 Å². The molecule has 1 fully saturated rings. The van der Waals surface area contributed by atoms with Crippen molar-refractivity contribution in [1.82, 2.24) is 0 Å². The van der Waals surface area contributed by atoms with Gasteiger partial charge in [0, 0.05) is 12.8 Å². The van der Waals surface area contributed by atoms with E-state index in [4.69, 9.17) is 0 Å². The van der Waals surface area contributed by atoms with Crippen LogP contribution in [0.2, 0.25) is 0 Å². The Morgan fingerprint density at radius 1 is 1.31 bits per heavy atom. The number of carbonyl (C=O) groups excluding carboxylic acids is 1. The van der Waals surface area contributed by atoms with Gasteiger partial charge >= 0.3 is 0 Å². The summed E-state index contributed by atoms with van der Waals surface area (Å²) in [5.41, 5.74) is 2.95. The van der Waals surface area contributed by atoms with Crippen LogP contribution in [0.1, 0.15) is 53.4 Å². The SMILES string of the molecule is CC(C)=C(C)C1(C)CCCC(=O)C1. The molecule has 0 amide bonds. The molecule has 0 aliphatic heterocycles. The molecule has 1 nitrogen and oxygen atoms in total. The van der Waals surface area contributed by atoms with Crippen molar-refractivity contribution in [3.63, 3.8) is 0 Å². The standard InChI is InChI=1S/C12H20O/c1-9(2)10(3)12(4)7-5-6-11(13)8-12/h5-8H2,1-4H3. The number of hydrogen-bond acceptors (Lipinski definition) is 1. The van der Waals surface area contributed by atoms with Crippen LogP contribution < -0.4 is 0 Å². The van der Waals surface area contributed by atoms with Gasteiger partial charge in [-0.2, -0.15) is 0 Å². The fourth-order valence-electron chi connectivity index (χ4n) is 2.21. The highest BCUT2D eigenvalue weighted by molar-refractivity contribution is 5.80. The zero-order chi connectivity index (χ0) is 10.1.